The highest BCUT2D eigenvalue weighted by Crippen LogP contribution is 2.37. The predicted octanol–water partition coefficient (Wildman–Crippen LogP) is 9.44. The number of hydrogen-bond acceptors (Lipinski definition) is 4. The van der Waals surface area contributed by atoms with Gasteiger partial charge >= 0.3 is 6.11 Å². The number of rotatable bonds is 6. The molecule has 7 heteroatoms. The predicted molar refractivity (Wildman–Crippen MR) is 167 cm³/mol. The summed E-state index contributed by atoms with van der Waals surface area (Å²) >= 11 is 1.82. The van der Waals surface area contributed by atoms with E-state index in [-0.39, 0.29) is 5.75 Å². The molecular formula is C34H31F2N3OS. The van der Waals surface area contributed by atoms with E-state index in [0.717, 1.165) is 57.1 Å². The van der Waals surface area contributed by atoms with Crippen molar-refractivity contribution in [3.63, 3.8) is 0 Å². The van der Waals surface area contributed by atoms with Crippen LogP contribution in [0, 0.1) is 13.8 Å². The second-order valence-corrected chi connectivity index (χ2v) is 11.7. The van der Waals surface area contributed by atoms with Crippen molar-refractivity contribution in [1.82, 2.24) is 4.57 Å². The first-order valence-corrected chi connectivity index (χ1v) is 14.8. The molecule has 0 saturated carbocycles. The Labute approximate surface area is 242 Å². The summed E-state index contributed by atoms with van der Waals surface area (Å²) in [7, 11) is 0. The van der Waals surface area contributed by atoms with E-state index in [1.54, 1.807) is 24.3 Å². The molecule has 0 spiro atoms. The van der Waals surface area contributed by atoms with Crippen LogP contribution in [0.1, 0.15) is 47.9 Å². The van der Waals surface area contributed by atoms with Crippen molar-refractivity contribution in [3.05, 3.63) is 107 Å². The minimum Gasteiger partial charge on any atom is -0.433 e. The van der Waals surface area contributed by atoms with Crippen molar-refractivity contribution in [2.75, 3.05) is 5.75 Å². The monoisotopic (exact) mass is 567 g/mol. The van der Waals surface area contributed by atoms with Crippen LogP contribution in [0.3, 0.4) is 0 Å². The third-order valence-electron chi connectivity index (χ3n) is 7.56. The second kappa shape index (κ2) is 11.1. The Bertz CT molecular complexity index is 1760. The molecule has 1 aromatic heterocycles. The Morgan fingerprint density at radius 1 is 0.951 bits per heavy atom. The highest BCUT2D eigenvalue weighted by atomic mass is 32.2. The summed E-state index contributed by atoms with van der Waals surface area (Å²) in [6, 6.07) is 25.7. The molecule has 1 aliphatic rings. The smallest absolute Gasteiger partial charge is 0.394 e. The molecule has 1 saturated heterocycles. The van der Waals surface area contributed by atoms with Crippen LogP contribution in [0.4, 0.5) is 8.78 Å². The number of thioether (sulfide) groups is 1. The van der Waals surface area contributed by atoms with E-state index in [4.69, 9.17) is 5.10 Å². The summed E-state index contributed by atoms with van der Waals surface area (Å²) in [6.07, 6.45) is 2.90. The number of benzene rings is 4. The molecule has 1 aliphatic heterocycles. The van der Waals surface area contributed by atoms with Gasteiger partial charge < -0.3 is 9.30 Å². The molecule has 4 aromatic carbocycles. The SMILES string of the molecule is Cc1cccc(C)c1C1CCCS/C1=N\N=C\c1ccc2c(ccc3c2ccn3-c2ccc(OC(C)(F)F)cc2)c1. The highest BCUT2D eigenvalue weighted by molar-refractivity contribution is 8.14. The van der Waals surface area contributed by atoms with Crippen molar-refractivity contribution in [2.24, 2.45) is 10.2 Å². The first-order chi connectivity index (χ1) is 19.8. The normalized spacial score (nSPS) is 17.2. The van der Waals surface area contributed by atoms with Crippen molar-refractivity contribution in [2.45, 2.75) is 45.6 Å². The van der Waals surface area contributed by atoms with Gasteiger partial charge in [-0.2, -0.15) is 13.9 Å². The van der Waals surface area contributed by atoms with Crippen LogP contribution in [0.15, 0.2) is 95.3 Å². The molecule has 5 aromatic rings. The van der Waals surface area contributed by atoms with E-state index < -0.39 is 6.11 Å². The number of ether oxygens (including phenoxy) is 1. The zero-order valence-electron chi connectivity index (χ0n) is 23.3. The van der Waals surface area contributed by atoms with Crippen molar-refractivity contribution in [1.29, 1.82) is 0 Å². The lowest BCUT2D eigenvalue weighted by atomic mass is 9.88. The van der Waals surface area contributed by atoms with E-state index in [9.17, 15) is 8.78 Å². The maximum atomic E-state index is 13.2. The van der Waals surface area contributed by atoms with Gasteiger partial charge in [0.15, 0.2) is 0 Å². The van der Waals surface area contributed by atoms with Gasteiger partial charge in [0, 0.05) is 30.1 Å². The summed E-state index contributed by atoms with van der Waals surface area (Å²) in [4.78, 5) is 0. The van der Waals surface area contributed by atoms with Crippen molar-refractivity contribution >= 4 is 44.7 Å². The lowest BCUT2D eigenvalue weighted by Crippen LogP contribution is -2.18. The van der Waals surface area contributed by atoms with Gasteiger partial charge in [0.2, 0.25) is 0 Å². The fraction of sp³-hybridized carbons (Fsp3) is 0.235. The fourth-order valence-electron chi connectivity index (χ4n) is 5.75. The number of alkyl halides is 2. The number of fused-ring (bicyclic) bond motifs is 3. The quantitative estimate of drug-likeness (QED) is 0.151. The largest absolute Gasteiger partial charge is 0.433 e. The van der Waals surface area contributed by atoms with Gasteiger partial charge in [-0.05, 0) is 108 Å². The lowest BCUT2D eigenvalue weighted by molar-refractivity contribution is -0.158. The maximum Gasteiger partial charge on any atom is 0.394 e. The zero-order valence-corrected chi connectivity index (χ0v) is 24.1. The zero-order chi connectivity index (χ0) is 28.6. The van der Waals surface area contributed by atoms with E-state index in [0.29, 0.717) is 5.92 Å². The van der Waals surface area contributed by atoms with Gasteiger partial charge in [-0.1, -0.05) is 36.4 Å². The Balaban J connectivity index is 1.25. The fourth-order valence-corrected chi connectivity index (χ4v) is 6.81. The van der Waals surface area contributed by atoms with Crippen LogP contribution in [-0.4, -0.2) is 27.7 Å². The van der Waals surface area contributed by atoms with Gasteiger partial charge in [0.1, 0.15) is 10.8 Å². The Kier molecular flexibility index (Phi) is 7.39. The summed E-state index contributed by atoms with van der Waals surface area (Å²) in [5.41, 5.74) is 6.92. The molecule has 1 atom stereocenters. The van der Waals surface area contributed by atoms with E-state index in [2.05, 4.69) is 78.3 Å². The van der Waals surface area contributed by atoms with Gasteiger partial charge in [-0.3, -0.25) is 0 Å². The molecule has 0 aliphatic carbocycles. The number of halogens is 2. The highest BCUT2D eigenvalue weighted by Gasteiger charge is 2.26. The molecule has 1 unspecified atom stereocenters. The minimum atomic E-state index is -3.21. The third-order valence-corrected chi connectivity index (χ3v) is 8.72. The van der Waals surface area contributed by atoms with Crippen LogP contribution < -0.4 is 4.74 Å². The van der Waals surface area contributed by atoms with Gasteiger partial charge in [-0.15, -0.1) is 16.9 Å². The van der Waals surface area contributed by atoms with Crippen LogP contribution in [0.25, 0.3) is 27.4 Å². The van der Waals surface area contributed by atoms with Gasteiger partial charge in [0.25, 0.3) is 0 Å². The molecule has 0 amide bonds. The van der Waals surface area contributed by atoms with Crippen LogP contribution in [-0.2, 0) is 0 Å². The summed E-state index contributed by atoms with van der Waals surface area (Å²) in [5.74, 6) is 1.51. The van der Waals surface area contributed by atoms with Crippen molar-refractivity contribution in [3.8, 4) is 11.4 Å². The summed E-state index contributed by atoms with van der Waals surface area (Å²) < 4.78 is 33.1. The summed E-state index contributed by atoms with van der Waals surface area (Å²) in [5, 5.41) is 13.7. The molecule has 0 bridgehead atoms. The molecular weight excluding hydrogens is 536 g/mol. The topological polar surface area (TPSA) is 38.9 Å². The first-order valence-electron chi connectivity index (χ1n) is 13.8. The molecule has 6 rings (SSSR count). The number of aromatic nitrogens is 1. The van der Waals surface area contributed by atoms with Gasteiger partial charge in [-0.25, -0.2) is 0 Å². The van der Waals surface area contributed by atoms with Crippen LogP contribution in [0.2, 0.25) is 0 Å². The minimum absolute atomic E-state index is 0.130. The van der Waals surface area contributed by atoms with Crippen molar-refractivity contribution < 1.29 is 13.5 Å². The Morgan fingerprint density at radius 2 is 1.73 bits per heavy atom. The average Bonchev–Trinajstić information content (AvgIpc) is 3.38. The Morgan fingerprint density at radius 3 is 2.49 bits per heavy atom. The number of hydrogen-bond donors (Lipinski definition) is 0. The number of nitrogens with zero attached hydrogens (tertiary/aromatic N) is 3. The molecule has 0 N–H and O–H groups in total. The first kappa shape index (κ1) is 27.2. The average molecular weight is 568 g/mol. The molecule has 0 radical (unpaired) electrons. The molecule has 2 heterocycles. The molecule has 1 fully saturated rings. The molecule has 4 nitrogen and oxygen atoms in total. The number of aryl methyl sites for hydroxylation is 2. The lowest BCUT2D eigenvalue weighted by Gasteiger charge is -2.26. The second-order valence-electron chi connectivity index (χ2n) is 10.6. The van der Waals surface area contributed by atoms with Crippen LogP contribution >= 0.6 is 11.8 Å². The standard InChI is InChI=1S/C34H31F2N3OS/c1-22-6-4-7-23(2)32(22)30-8-5-19-41-33(30)38-37-21-24-9-15-28-25(20-24)10-16-31-29(28)17-18-39(31)26-11-13-27(14-12-26)40-34(3,35)36/h4,6-7,9-18,20-21,30H,5,8,19H2,1-3H3/b37-21+,38-33-. The third kappa shape index (κ3) is 5.77. The Hall–Kier alpha value is -3.97. The molecule has 208 valence electrons. The van der Waals surface area contributed by atoms with Crippen LogP contribution in [0.5, 0.6) is 5.75 Å². The van der Waals surface area contributed by atoms with E-state index in [1.165, 1.54) is 23.1 Å². The summed E-state index contributed by atoms with van der Waals surface area (Å²) in [6.45, 7) is 5.10. The van der Waals surface area contributed by atoms with Gasteiger partial charge in [0.05, 0.1) is 11.7 Å². The maximum absolute atomic E-state index is 13.2. The van der Waals surface area contributed by atoms with E-state index in [1.807, 2.05) is 28.7 Å². The van der Waals surface area contributed by atoms with E-state index >= 15 is 0 Å². The molecule has 41 heavy (non-hydrogen) atoms.